The number of likely N-dealkylation sites (tertiary alicyclic amines) is 1. The van der Waals surface area contributed by atoms with Gasteiger partial charge < -0.3 is 19.8 Å². The summed E-state index contributed by atoms with van der Waals surface area (Å²) in [6.45, 7) is 0.851. The van der Waals surface area contributed by atoms with Crippen LogP contribution in [0.15, 0.2) is 5.16 Å². The molecule has 2 N–H and O–H groups in total. The van der Waals surface area contributed by atoms with E-state index in [0.717, 1.165) is 0 Å². The molecule has 0 radical (unpaired) electrons. The fraction of sp³-hybridized carbons (Fsp3) is 0.769. The van der Waals surface area contributed by atoms with E-state index in [1.165, 1.54) is 0 Å². The molecule has 2 atom stereocenters. The number of oxime groups is 1. The molecule has 118 valence electrons. The molecule has 0 aromatic carbocycles. The van der Waals surface area contributed by atoms with E-state index >= 15 is 0 Å². The molecule has 2 aliphatic rings. The summed E-state index contributed by atoms with van der Waals surface area (Å²) < 4.78 is 5.25. The Morgan fingerprint density at radius 3 is 2.62 bits per heavy atom. The molecule has 2 heterocycles. The molecule has 0 aromatic rings. The van der Waals surface area contributed by atoms with Gasteiger partial charge in [-0.15, -0.1) is 0 Å². The highest BCUT2D eigenvalue weighted by molar-refractivity contribution is 5.73. The van der Waals surface area contributed by atoms with Crippen molar-refractivity contribution in [1.29, 1.82) is 0 Å². The Labute approximate surface area is 122 Å². The van der Waals surface area contributed by atoms with Gasteiger partial charge in [-0.3, -0.25) is 9.69 Å². The lowest BCUT2D eigenvalue weighted by molar-refractivity contribution is -0.148. The molecule has 0 amide bonds. The third-order valence-corrected chi connectivity index (χ3v) is 3.78. The highest BCUT2D eigenvalue weighted by Crippen LogP contribution is 2.21. The van der Waals surface area contributed by atoms with E-state index in [1.807, 2.05) is 4.90 Å². The summed E-state index contributed by atoms with van der Waals surface area (Å²) in [5, 5.41) is 21.6. The summed E-state index contributed by atoms with van der Waals surface area (Å²) in [5.74, 6) is -1.85. The number of hydrogen-bond acceptors (Lipinski definition) is 6. The van der Waals surface area contributed by atoms with Crippen molar-refractivity contribution in [3.63, 3.8) is 0 Å². The van der Waals surface area contributed by atoms with E-state index in [-0.39, 0.29) is 18.8 Å². The fourth-order valence-electron chi connectivity index (χ4n) is 2.67. The lowest BCUT2D eigenvalue weighted by Crippen LogP contribution is -2.48. The SMILES string of the molecule is O=C(O)COC1CCN(C(CC2CC=NO2)C(=O)O)CC1. The Morgan fingerprint density at radius 1 is 1.38 bits per heavy atom. The summed E-state index contributed by atoms with van der Waals surface area (Å²) in [4.78, 5) is 28.9. The maximum Gasteiger partial charge on any atom is 0.329 e. The zero-order chi connectivity index (χ0) is 15.2. The van der Waals surface area contributed by atoms with Crippen molar-refractivity contribution in [3.05, 3.63) is 0 Å². The first-order chi connectivity index (χ1) is 10.1. The summed E-state index contributed by atoms with van der Waals surface area (Å²) in [6.07, 6.45) is 3.68. The molecule has 1 fully saturated rings. The Hall–Kier alpha value is -1.67. The number of nitrogens with zero attached hydrogens (tertiary/aromatic N) is 2. The van der Waals surface area contributed by atoms with Gasteiger partial charge in [0.2, 0.25) is 0 Å². The van der Waals surface area contributed by atoms with Crippen molar-refractivity contribution in [3.8, 4) is 0 Å². The Kier molecular flexibility index (Phi) is 5.51. The predicted molar refractivity (Wildman–Crippen MR) is 72.2 cm³/mol. The van der Waals surface area contributed by atoms with E-state index in [2.05, 4.69) is 5.16 Å². The Balaban J connectivity index is 1.80. The number of rotatable bonds is 7. The lowest BCUT2D eigenvalue weighted by Gasteiger charge is -2.35. The van der Waals surface area contributed by atoms with Gasteiger partial charge in [0, 0.05) is 32.1 Å². The maximum atomic E-state index is 11.4. The lowest BCUT2D eigenvalue weighted by atomic mass is 10.0. The molecule has 0 spiro atoms. The van der Waals surface area contributed by atoms with Gasteiger partial charge in [0.05, 0.1) is 6.10 Å². The van der Waals surface area contributed by atoms with E-state index < -0.39 is 18.0 Å². The number of aliphatic carboxylic acids is 2. The van der Waals surface area contributed by atoms with Gasteiger partial charge in [0.15, 0.2) is 0 Å². The Bertz CT molecular complexity index is 397. The first kappa shape index (κ1) is 15.7. The van der Waals surface area contributed by atoms with Crippen LogP contribution in [0.1, 0.15) is 25.7 Å². The second kappa shape index (κ2) is 7.37. The van der Waals surface area contributed by atoms with Gasteiger partial charge in [-0.2, -0.15) is 0 Å². The Morgan fingerprint density at radius 2 is 2.10 bits per heavy atom. The predicted octanol–water partition coefficient (Wildman–Crippen LogP) is 0.170. The van der Waals surface area contributed by atoms with Gasteiger partial charge in [-0.05, 0) is 12.8 Å². The van der Waals surface area contributed by atoms with Crippen LogP contribution in [-0.4, -0.2) is 71.2 Å². The third-order valence-electron chi connectivity index (χ3n) is 3.78. The number of ether oxygens (including phenoxy) is 1. The van der Waals surface area contributed by atoms with Gasteiger partial charge in [-0.25, -0.2) is 4.79 Å². The molecular formula is C13H20N2O6. The van der Waals surface area contributed by atoms with Gasteiger partial charge in [0.25, 0.3) is 0 Å². The average molecular weight is 300 g/mol. The van der Waals surface area contributed by atoms with Crippen molar-refractivity contribution in [1.82, 2.24) is 4.90 Å². The normalized spacial score (nSPS) is 24.7. The molecule has 0 bridgehead atoms. The summed E-state index contributed by atoms with van der Waals surface area (Å²) >= 11 is 0. The van der Waals surface area contributed by atoms with Crippen LogP contribution in [0.5, 0.6) is 0 Å². The zero-order valence-corrected chi connectivity index (χ0v) is 11.7. The molecule has 2 unspecified atom stereocenters. The summed E-state index contributed by atoms with van der Waals surface area (Å²) in [6, 6.07) is -0.600. The third kappa shape index (κ3) is 4.68. The van der Waals surface area contributed by atoms with E-state index in [0.29, 0.717) is 38.8 Å². The van der Waals surface area contributed by atoms with Crippen LogP contribution in [0.25, 0.3) is 0 Å². The number of hydrogen-bond donors (Lipinski definition) is 2. The molecule has 2 aliphatic heterocycles. The van der Waals surface area contributed by atoms with Gasteiger partial charge in [0.1, 0.15) is 18.8 Å². The highest BCUT2D eigenvalue weighted by Gasteiger charge is 2.33. The summed E-state index contributed by atoms with van der Waals surface area (Å²) in [7, 11) is 0. The van der Waals surface area contributed by atoms with E-state index in [4.69, 9.17) is 14.7 Å². The molecule has 21 heavy (non-hydrogen) atoms. The van der Waals surface area contributed by atoms with Crippen LogP contribution >= 0.6 is 0 Å². The number of carboxylic acid groups (broad SMARTS) is 2. The largest absolute Gasteiger partial charge is 0.480 e. The quantitative estimate of drug-likeness (QED) is 0.689. The van der Waals surface area contributed by atoms with Crippen LogP contribution < -0.4 is 0 Å². The van der Waals surface area contributed by atoms with Crippen LogP contribution in [0, 0.1) is 0 Å². The molecular weight excluding hydrogens is 280 g/mol. The minimum atomic E-state index is -0.987. The highest BCUT2D eigenvalue weighted by atomic mass is 16.6. The van der Waals surface area contributed by atoms with Crippen LogP contribution in [0.3, 0.4) is 0 Å². The second-order valence-corrected chi connectivity index (χ2v) is 5.28. The maximum absolute atomic E-state index is 11.4. The van der Waals surface area contributed by atoms with E-state index in [9.17, 15) is 14.7 Å². The zero-order valence-electron chi connectivity index (χ0n) is 11.7. The van der Waals surface area contributed by atoms with Crippen molar-refractivity contribution in [2.75, 3.05) is 19.7 Å². The first-order valence-corrected chi connectivity index (χ1v) is 7.04. The van der Waals surface area contributed by atoms with Crippen LogP contribution in [-0.2, 0) is 19.2 Å². The number of carbonyl (C=O) groups is 2. The van der Waals surface area contributed by atoms with Gasteiger partial charge >= 0.3 is 11.9 Å². The second-order valence-electron chi connectivity index (χ2n) is 5.28. The van der Waals surface area contributed by atoms with Crippen LogP contribution in [0.4, 0.5) is 0 Å². The molecule has 8 heteroatoms. The minimum absolute atomic E-state index is 0.113. The smallest absolute Gasteiger partial charge is 0.329 e. The van der Waals surface area contributed by atoms with Crippen molar-refractivity contribution in [2.45, 2.75) is 43.9 Å². The topological polar surface area (TPSA) is 109 Å². The molecule has 1 saturated heterocycles. The number of piperidine rings is 1. The monoisotopic (exact) mass is 300 g/mol. The number of carboxylic acids is 2. The molecule has 0 aromatic heterocycles. The molecule has 0 saturated carbocycles. The van der Waals surface area contributed by atoms with Crippen molar-refractivity contribution in [2.24, 2.45) is 5.16 Å². The average Bonchev–Trinajstić information content (AvgIpc) is 2.96. The van der Waals surface area contributed by atoms with E-state index in [1.54, 1.807) is 6.21 Å². The van der Waals surface area contributed by atoms with Crippen molar-refractivity contribution < 1.29 is 29.4 Å². The van der Waals surface area contributed by atoms with Gasteiger partial charge in [-0.1, -0.05) is 5.16 Å². The molecule has 8 nitrogen and oxygen atoms in total. The first-order valence-electron chi connectivity index (χ1n) is 7.04. The summed E-state index contributed by atoms with van der Waals surface area (Å²) in [5.41, 5.74) is 0. The molecule has 2 rings (SSSR count). The molecule has 0 aliphatic carbocycles. The fourth-order valence-corrected chi connectivity index (χ4v) is 2.67. The van der Waals surface area contributed by atoms with Crippen molar-refractivity contribution >= 4 is 18.2 Å². The minimum Gasteiger partial charge on any atom is -0.480 e. The van der Waals surface area contributed by atoms with Crippen LogP contribution in [0.2, 0.25) is 0 Å². The standard InChI is InChI=1S/C13H20N2O6/c16-12(17)8-20-9-2-5-15(6-3-9)11(13(18)19)7-10-1-4-14-21-10/h4,9-11H,1-3,5-8H2,(H,16,17)(H,18,19).